The van der Waals surface area contributed by atoms with Gasteiger partial charge < -0.3 is 10.6 Å². The molecule has 2 aromatic rings. The van der Waals surface area contributed by atoms with Crippen LogP contribution in [0.3, 0.4) is 0 Å². The van der Waals surface area contributed by atoms with Crippen molar-refractivity contribution in [2.45, 2.75) is 12.8 Å². The van der Waals surface area contributed by atoms with Crippen LogP contribution < -0.4 is 10.6 Å². The van der Waals surface area contributed by atoms with Gasteiger partial charge in [-0.25, -0.2) is 9.97 Å². The molecule has 2 N–H and O–H groups in total. The lowest BCUT2D eigenvalue weighted by Gasteiger charge is -2.10. The first-order valence-electron chi connectivity index (χ1n) is 5.43. The van der Waals surface area contributed by atoms with Gasteiger partial charge in [0.05, 0.1) is 5.01 Å². The molecule has 0 bridgehead atoms. The highest BCUT2D eigenvalue weighted by molar-refractivity contribution is 7.09. The summed E-state index contributed by atoms with van der Waals surface area (Å²) in [5, 5.41) is 9.33. The van der Waals surface area contributed by atoms with E-state index in [-0.39, 0.29) is 0 Å². The third kappa shape index (κ3) is 3.13. The summed E-state index contributed by atoms with van der Waals surface area (Å²) in [6.07, 6.45) is 3.57. The molecule has 0 aliphatic carbocycles. The minimum absolute atomic E-state index is 0.378. The average molecular weight is 249 g/mol. The van der Waals surface area contributed by atoms with Crippen molar-refractivity contribution >= 4 is 23.1 Å². The molecule has 0 radical (unpaired) electrons. The number of nitrogens with zero attached hydrogens (tertiary/aromatic N) is 3. The van der Waals surface area contributed by atoms with Gasteiger partial charge in [0.15, 0.2) is 0 Å². The second kappa shape index (κ2) is 5.58. The monoisotopic (exact) mass is 249 g/mol. The van der Waals surface area contributed by atoms with E-state index < -0.39 is 0 Å². The van der Waals surface area contributed by atoms with Gasteiger partial charge in [-0.1, -0.05) is 6.92 Å². The van der Waals surface area contributed by atoms with Crippen LogP contribution in [0.15, 0.2) is 23.8 Å². The van der Waals surface area contributed by atoms with Crippen LogP contribution in [0.4, 0.5) is 11.8 Å². The van der Waals surface area contributed by atoms with Gasteiger partial charge >= 0.3 is 0 Å². The van der Waals surface area contributed by atoms with Crippen LogP contribution in [0.5, 0.6) is 0 Å². The molecule has 0 aliphatic rings. The second-order valence-electron chi connectivity index (χ2n) is 3.67. The zero-order valence-electron chi connectivity index (χ0n) is 9.84. The molecular formula is C11H15N5S. The van der Waals surface area contributed by atoms with E-state index in [1.54, 1.807) is 24.6 Å². The van der Waals surface area contributed by atoms with Crippen LogP contribution in [0.1, 0.15) is 17.8 Å². The molecule has 1 atom stereocenters. The third-order valence-corrected chi connectivity index (χ3v) is 3.35. The zero-order chi connectivity index (χ0) is 12.1. The molecule has 0 spiro atoms. The van der Waals surface area contributed by atoms with E-state index in [0.29, 0.717) is 11.9 Å². The standard InChI is InChI=1S/C11H15N5S/c1-8(10-13-5-6-17-10)7-15-9-3-4-14-11(12-2)16-9/h3-6,8H,7H2,1-2H3,(H2,12,14,15,16). The molecule has 2 rings (SSSR count). The Balaban J connectivity index is 1.93. The average Bonchev–Trinajstić information content (AvgIpc) is 2.90. The molecule has 0 fully saturated rings. The fourth-order valence-corrected chi connectivity index (χ4v) is 2.10. The second-order valence-corrected chi connectivity index (χ2v) is 4.59. The predicted molar refractivity (Wildman–Crippen MR) is 70.6 cm³/mol. The number of aromatic nitrogens is 3. The lowest BCUT2D eigenvalue weighted by Crippen LogP contribution is -2.11. The van der Waals surface area contributed by atoms with E-state index in [4.69, 9.17) is 0 Å². The van der Waals surface area contributed by atoms with Crippen molar-refractivity contribution < 1.29 is 0 Å². The minimum atomic E-state index is 0.378. The maximum atomic E-state index is 4.30. The maximum absolute atomic E-state index is 4.30. The van der Waals surface area contributed by atoms with Crippen molar-refractivity contribution in [3.8, 4) is 0 Å². The summed E-state index contributed by atoms with van der Waals surface area (Å²) in [5.74, 6) is 1.83. The molecule has 0 aliphatic heterocycles. The van der Waals surface area contributed by atoms with Gasteiger partial charge in [-0.05, 0) is 6.07 Å². The summed E-state index contributed by atoms with van der Waals surface area (Å²) < 4.78 is 0. The maximum Gasteiger partial charge on any atom is 0.224 e. The van der Waals surface area contributed by atoms with Gasteiger partial charge in [0.1, 0.15) is 5.82 Å². The summed E-state index contributed by atoms with van der Waals surface area (Å²) in [5.41, 5.74) is 0. The van der Waals surface area contributed by atoms with E-state index in [2.05, 4.69) is 32.5 Å². The third-order valence-electron chi connectivity index (χ3n) is 2.34. The molecule has 17 heavy (non-hydrogen) atoms. The van der Waals surface area contributed by atoms with Crippen molar-refractivity contribution in [1.29, 1.82) is 0 Å². The normalized spacial score (nSPS) is 12.1. The Morgan fingerprint density at radius 3 is 2.94 bits per heavy atom. The van der Waals surface area contributed by atoms with Crippen molar-refractivity contribution in [3.05, 3.63) is 28.8 Å². The van der Waals surface area contributed by atoms with Gasteiger partial charge in [0.2, 0.25) is 5.95 Å². The smallest absolute Gasteiger partial charge is 0.224 e. The number of thiazole rings is 1. The predicted octanol–water partition coefficient (Wildman–Crippen LogP) is 2.19. The lowest BCUT2D eigenvalue weighted by molar-refractivity contribution is 0.791. The number of nitrogens with one attached hydrogen (secondary N) is 2. The zero-order valence-corrected chi connectivity index (χ0v) is 10.7. The van der Waals surface area contributed by atoms with Crippen LogP contribution in [-0.2, 0) is 0 Å². The van der Waals surface area contributed by atoms with E-state index in [1.165, 1.54) is 0 Å². The first kappa shape index (κ1) is 11.8. The largest absolute Gasteiger partial charge is 0.369 e. The van der Waals surface area contributed by atoms with Gasteiger partial charge in [-0.15, -0.1) is 11.3 Å². The molecule has 0 saturated heterocycles. The van der Waals surface area contributed by atoms with E-state index in [1.807, 2.05) is 17.6 Å². The Morgan fingerprint density at radius 1 is 1.35 bits per heavy atom. The fraction of sp³-hybridized carbons (Fsp3) is 0.364. The van der Waals surface area contributed by atoms with Gasteiger partial charge in [-0.2, -0.15) is 4.98 Å². The molecule has 0 saturated carbocycles. The summed E-state index contributed by atoms with van der Waals surface area (Å²) in [7, 11) is 1.80. The van der Waals surface area contributed by atoms with Crippen LogP contribution in [0.2, 0.25) is 0 Å². The van der Waals surface area contributed by atoms with Crippen LogP contribution in [0, 0.1) is 0 Å². The van der Waals surface area contributed by atoms with Crippen molar-refractivity contribution in [2.24, 2.45) is 0 Å². The van der Waals surface area contributed by atoms with Gasteiger partial charge in [-0.3, -0.25) is 0 Å². The lowest BCUT2D eigenvalue weighted by atomic mass is 10.2. The van der Waals surface area contributed by atoms with Crippen LogP contribution in [0.25, 0.3) is 0 Å². The number of rotatable bonds is 5. The molecule has 90 valence electrons. The highest BCUT2D eigenvalue weighted by Crippen LogP contribution is 2.18. The Morgan fingerprint density at radius 2 is 2.24 bits per heavy atom. The summed E-state index contributed by atoms with van der Waals surface area (Å²) in [6.45, 7) is 2.96. The van der Waals surface area contributed by atoms with E-state index in [0.717, 1.165) is 17.4 Å². The first-order chi connectivity index (χ1) is 8.29. The Kier molecular flexibility index (Phi) is 3.87. The molecular weight excluding hydrogens is 234 g/mol. The number of anilines is 2. The van der Waals surface area contributed by atoms with Crippen LogP contribution in [-0.4, -0.2) is 28.5 Å². The van der Waals surface area contributed by atoms with Crippen LogP contribution >= 0.6 is 11.3 Å². The molecule has 1 unspecified atom stereocenters. The summed E-state index contributed by atoms with van der Waals surface area (Å²) in [4.78, 5) is 12.7. The molecule has 0 aromatic carbocycles. The van der Waals surface area contributed by atoms with E-state index in [9.17, 15) is 0 Å². The summed E-state index contributed by atoms with van der Waals surface area (Å²) >= 11 is 1.68. The topological polar surface area (TPSA) is 62.7 Å². The molecule has 5 nitrogen and oxygen atoms in total. The van der Waals surface area contributed by atoms with E-state index >= 15 is 0 Å². The summed E-state index contributed by atoms with van der Waals surface area (Å²) in [6, 6.07) is 1.86. The fourth-order valence-electron chi connectivity index (χ4n) is 1.40. The molecule has 6 heteroatoms. The Labute approximate surface area is 104 Å². The number of hydrogen-bond donors (Lipinski definition) is 2. The van der Waals surface area contributed by atoms with Crippen molar-refractivity contribution in [3.63, 3.8) is 0 Å². The van der Waals surface area contributed by atoms with Crippen molar-refractivity contribution in [2.75, 3.05) is 24.2 Å². The molecule has 2 aromatic heterocycles. The highest BCUT2D eigenvalue weighted by atomic mass is 32.1. The van der Waals surface area contributed by atoms with Gasteiger partial charge in [0.25, 0.3) is 0 Å². The van der Waals surface area contributed by atoms with Crippen molar-refractivity contribution in [1.82, 2.24) is 15.0 Å². The molecule has 2 heterocycles. The Hall–Kier alpha value is -1.69. The Bertz CT molecular complexity index is 457. The highest BCUT2D eigenvalue weighted by Gasteiger charge is 2.08. The quantitative estimate of drug-likeness (QED) is 0.850. The first-order valence-corrected chi connectivity index (χ1v) is 6.31. The number of hydrogen-bond acceptors (Lipinski definition) is 6. The van der Waals surface area contributed by atoms with Gasteiger partial charge in [0, 0.05) is 37.3 Å². The minimum Gasteiger partial charge on any atom is -0.369 e. The molecule has 0 amide bonds. The SMILES string of the molecule is CNc1nccc(NCC(C)c2nccs2)n1.